The van der Waals surface area contributed by atoms with Crippen LogP contribution in [-0.4, -0.2) is 5.11 Å². The number of aliphatic hydroxyl groups excluding tert-OH is 1. The zero-order valence-corrected chi connectivity index (χ0v) is 12.5. The second-order valence-corrected chi connectivity index (χ2v) is 5.14. The number of rotatable bonds is 5. The largest absolute Gasteiger partial charge is 0.487 e. The molecular weight excluding hydrogens is 290 g/mol. The van der Waals surface area contributed by atoms with Crippen LogP contribution in [0.2, 0.25) is 0 Å². The highest BCUT2D eigenvalue weighted by molar-refractivity contribution is 5.66. The van der Waals surface area contributed by atoms with E-state index in [0.29, 0.717) is 5.69 Å². The summed E-state index contributed by atoms with van der Waals surface area (Å²) in [4.78, 5) is 0. The molecule has 1 atom stereocenters. The van der Waals surface area contributed by atoms with E-state index in [2.05, 4.69) is 5.27 Å². The minimum absolute atomic E-state index is 0.0301. The van der Waals surface area contributed by atoms with Crippen molar-refractivity contribution in [2.75, 3.05) is 0 Å². The average Bonchev–Trinajstić information content (AvgIpc) is 2.94. The summed E-state index contributed by atoms with van der Waals surface area (Å²) in [5, 5.41) is 22.0. The zero-order valence-electron chi connectivity index (χ0n) is 12.5. The normalized spacial score (nSPS) is 12.6. The molecule has 0 fully saturated rings. The molecule has 0 radical (unpaired) electrons. The topological polar surface area (TPSA) is 75.2 Å². The summed E-state index contributed by atoms with van der Waals surface area (Å²) in [6.07, 6.45) is 2.94. The van der Waals surface area contributed by atoms with E-state index in [1.807, 2.05) is 66.7 Å². The Hall–Kier alpha value is -2.92. The van der Waals surface area contributed by atoms with Crippen LogP contribution in [0, 0.1) is 5.41 Å². The van der Waals surface area contributed by atoms with E-state index in [4.69, 9.17) is 9.93 Å². The first-order valence-corrected chi connectivity index (χ1v) is 7.31. The maximum absolute atomic E-state index is 10.3. The molecule has 116 valence electrons. The van der Waals surface area contributed by atoms with Crippen molar-refractivity contribution in [3.05, 3.63) is 83.0 Å². The Morgan fingerprint density at radius 2 is 1.70 bits per heavy atom. The number of nitrogens with zero attached hydrogens (tertiary/aromatic N) is 2. The van der Waals surface area contributed by atoms with Gasteiger partial charge in [-0.15, -0.1) is 0 Å². The van der Waals surface area contributed by atoms with Crippen LogP contribution in [0.15, 0.2) is 65.2 Å². The van der Waals surface area contributed by atoms with Gasteiger partial charge in [0, 0.05) is 6.08 Å². The highest BCUT2D eigenvalue weighted by Gasteiger charge is 2.15. The summed E-state index contributed by atoms with van der Waals surface area (Å²) >= 11 is 0. The number of benzene rings is 2. The molecule has 1 unspecified atom stereocenters. The van der Waals surface area contributed by atoms with E-state index < -0.39 is 6.10 Å². The van der Waals surface area contributed by atoms with Gasteiger partial charge in [0.1, 0.15) is 6.10 Å². The molecule has 0 spiro atoms. The van der Waals surface area contributed by atoms with E-state index in [9.17, 15) is 5.11 Å². The van der Waals surface area contributed by atoms with Crippen LogP contribution < -0.4 is 15.5 Å². The average molecular weight is 307 g/mol. The molecule has 2 aromatic carbocycles. The van der Waals surface area contributed by atoms with Crippen molar-refractivity contribution < 1.29 is 14.3 Å². The Morgan fingerprint density at radius 3 is 2.39 bits per heavy atom. The van der Waals surface area contributed by atoms with Crippen LogP contribution in [0.5, 0.6) is 0 Å². The molecule has 0 amide bonds. The summed E-state index contributed by atoms with van der Waals surface area (Å²) in [7, 11) is 0. The second-order valence-electron chi connectivity index (χ2n) is 5.14. The van der Waals surface area contributed by atoms with E-state index in [-0.39, 0.29) is 12.1 Å². The van der Waals surface area contributed by atoms with E-state index >= 15 is 0 Å². The highest BCUT2D eigenvalue weighted by atomic mass is 16.5. The van der Waals surface area contributed by atoms with Gasteiger partial charge in [-0.1, -0.05) is 60.7 Å². The summed E-state index contributed by atoms with van der Waals surface area (Å²) in [5.41, 5.74) is 2.30. The van der Waals surface area contributed by atoms with Gasteiger partial charge in [0.25, 0.3) is 11.2 Å². The van der Waals surface area contributed by atoms with Gasteiger partial charge < -0.3 is 9.63 Å². The molecule has 0 bridgehead atoms. The number of hydrogen-bond acceptors (Lipinski definition) is 3. The highest BCUT2D eigenvalue weighted by Crippen LogP contribution is 2.12. The molecule has 1 heterocycles. The molecule has 5 heteroatoms. The molecule has 0 saturated carbocycles. The maximum atomic E-state index is 10.3. The van der Waals surface area contributed by atoms with Crippen LogP contribution in [0.25, 0.3) is 12.2 Å². The lowest BCUT2D eigenvalue weighted by Crippen LogP contribution is -2.43. The van der Waals surface area contributed by atoms with Crippen LogP contribution >= 0.6 is 0 Å². The predicted octanol–water partition coefficient (Wildman–Crippen LogP) is 1.91. The monoisotopic (exact) mass is 307 g/mol. The van der Waals surface area contributed by atoms with Crippen molar-refractivity contribution >= 4 is 12.2 Å². The lowest BCUT2D eigenvalue weighted by molar-refractivity contribution is -0.775. The van der Waals surface area contributed by atoms with Gasteiger partial charge in [-0.3, -0.25) is 10.7 Å². The quantitative estimate of drug-likeness (QED) is 0.707. The van der Waals surface area contributed by atoms with Crippen molar-refractivity contribution in [2.45, 2.75) is 12.6 Å². The van der Waals surface area contributed by atoms with Gasteiger partial charge in [0.05, 0.1) is 0 Å². The summed E-state index contributed by atoms with van der Waals surface area (Å²) < 4.78 is 6.44. The molecule has 0 saturated heterocycles. The van der Waals surface area contributed by atoms with Crippen LogP contribution in [-0.2, 0) is 6.54 Å². The third kappa shape index (κ3) is 3.64. The third-order valence-electron chi connectivity index (χ3n) is 3.50. The van der Waals surface area contributed by atoms with Gasteiger partial charge in [-0.25, -0.2) is 4.68 Å². The summed E-state index contributed by atoms with van der Waals surface area (Å²) in [6, 6.07) is 19.1. The minimum atomic E-state index is -0.713. The lowest BCUT2D eigenvalue weighted by atomic mass is 10.1. The standard InChI is InChI=1S/C18H17N3O2/c19-18-16(12-11-14-7-3-1-4-8-14)21(20-23-18)13-17(22)15-9-5-2-6-10-15/h1-12,17,19,22H,13H2/b12-11+,19-18?. The van der Waals surface area contributed by atoms with Gasteiger partial charge in [0.15, 0.2) is 6.54 Å². The van der Waals surface area contributed by atoms with Crippen molar-refractivity contribution in [1.29, 1.82) is 5.41 Å². The van der Waals surface area contributed by atoms with E-state index in [0.717, 1.165) is 11.1 Å². The zero-order chi connectivity index (χ0) is 16.1. The van der Waals surface area contributed by atoms with Crippen molar-refractivity contribution in [2.24, 2.45) is 0 Å². The molecule has 2 N–H and O–H groups in total. The number of hydrogen-bond donors (Lipinski definition) is 2. The molecule has 0 aliphatic heterocycles. The molecule has 3 rings (SSSR count). The number of aliphatic hydroxyl groups is 1. The van der Waals surface area contributed by atoms with Crippen LogP contribution in [0.4, 0.5) is 0 Å². The molecule has 3 aromatic rings. The lowest BCUT2D eigenvalue weighted by Gasteiger charge is -2.08. The first-order chi connectivity index (χ1) is 11.2. The smallest absolute Gasteiger partial charge is 0.273 e. The molecule has 1 aromatic heterocycles. The summed E-state index contributed by atoms with van der Waals surface area (Å²) in [5.74, 6) is 0. The van der Waals surface area contributed by atoms with Crippen molar-refractivity contribution in [3.63, 3.8) is 0 Å². The second kappa shape index (κ2) is 6.89. The molecular formula is C18H17N3O2. The van der Waals surface area contributed by atoms with Crippen LogP contribution in [0.1, 0.15) is 22.9 Å². The van der Waals surface area contributed by atoms with Gasteiger partial charge in [0.2, 0.25) is 0 Å². The number of aromatic nitrogens is 2. The maximum Gasteiger partial charge on any atom is 0.273 e. The Bertz CT molecular complexity index is 835. The minimum Gasteiger partial charge on any atom is -0.487 e. The molecule has 5 nitrogen and oxygen atoms in total. The summed E-state index contributed by atoms with van der Waals surface area (Å²) in [6.45, 7) is 0.223. The molecule has 23 heavy (non-hydrogen) atoms. The molecule has 0 aliphatic rings. The van der Waals surface area contributed by atoms with E-state index in [1.54, 1.807) is 6.08 Å². The van der Waals surface area contributed by atoms with Crippen molar-refractivity contribution in [3.8, 4) is 0 Å². The number of nitrogens with one attached hydrogen (secondary N) is 1. The fraction of sp³-hybridized carbons (Fsp3) is 0.111. The fourth-order valence-corrected chi connectivity index (χ4v) is 2.28. The Balaban J connectivity index is 1.82. The Kier molecular flexibility index (Phi) is 4.49. The third-order valence-corrected chi connectivity index (χ3v) is 3.50. The SMILES string of the molecule is N=c1o[n-][n+](CC(O)c2ccccc2)c1/C=C/c1ccccc1. The Labute approximate surface area is 133 Å². The van der Waals surface area contributed by atoms with Gasteiger partial charge >= 0.3 is 0 Å². The first-order valence-electron chi connectivity index (χ1n) is 7.31. The van der Waals surface area contributed by atoms with Crippen LogP contribution in [0.3, 0.4) is 0 Å². The van der Waals surface area contributed by atoms with Crippen molar-refractivity contribution in [1.82, 2.24) is 5.27 Å². The molecule has 0 aliphatic carbocycles. The fourth-order valence-electron chi connectivity index (χ4n) is 2.28. The van der Waals surface area contributed by atoms with Gasteiger partial charge in [-0.05, 0) is 17.2 Å². The predicted molar refractivity (Wildman–Crippen MR) is 84.8 cm³/mol. The first kappa shape index (κ1) is 15.0. The van der Waals surface area contributed by atoms with Gasteiger partial charge in [-0.2, -0.15) is 0 Å². The van der Waals surface area contributed by atoms with E-state index in [1.165, 1.54) is 4.68 Å². The Morgan fingerprint density at radius 1 is 1.04 bits per heavy atom.